The van der Waals surface area contributed by atoms with Crippen molar-refractivity contribution in [3.63, 3.8) is 0 Å². The minimum atomic E-state index is -4.05. The number of nitrogens with two attached hydrogens (primary N) is 1. The van der Waals surface area contributed by atoms with Gasteiger partial charge in [-0.15, -0.1) is 0 Å². The smallest absolute Gasteiger partial charge is 0.264 e. The predicted molar refractivity (Wildman–Crippen MR) is 75.3 cm³/mol. The summed E-state index contributed by atoms with van der Waals surface area (Å²) in [4.78, 5) is 3.49. The summed E-state index contributed by atoms with van der Waals surface area (Å²) in [5, 5.41) is 0. The fourth-order valence-corrected chi connectivity index (χ4v) is 2.93. The van der Waals surface area contributed by atoms with Crippen molar-refractivity contribution < 1.29 is 12.8 Å². The molecule has 20 heavy (non-hydrogen) atoms. The number of nitrogen functional groups attached to an aromatic ring is 1. The Kier molecular flexibility index (Phi) is 3.63. The molecule has 2 aromatic rings. The van der Waals surface area contributed by atoms with Gasteiger partial charge in [0, 0.05) is 11.4 Å². The Morgan fingerprint density at radius 2 is 1.95 bits per heavy atom. The number of halogens is 1. The van der Waals surface area contributed by atoms with E-state index in [0.29, 0.717) is 0 Å². The van der Waals surface area contributed by atoms with Crippen LogP contribution in [0.25, 0.3) is 0 Å². The zero-order chi connectivity index (χ0) is 14.9. The number of nitrogens with zero attached hydrogens (tertiary/aromatic N) is 1. The first kappa shape index (κ1) is 14.3. The van der Waals surface area contributed by atoms with Crippen LogP contribution >= 0.6 is 0 Å². The number of benzene rings is 1. The van der Waals surface area contributed by atoms with Crippen LogP contribution in [-0.2, 0) is 10.0 Å². The monoisotopic (exact) mass is 295 g/mol. The highest BCUT2D eigenvalue weighted by molar-refractivity contribution is 7.92. The minimum Gasteiger partial charge on any atom is -0.399 e. The molecular formula is C13H14FN3O2S. The predicted octanol–water partition coefficient (Wildman–Crippen LogP) is 2.22. The molecule has 0 unspecified atom stereocenters. The lowest BCUT2D eigenvalue weighted by atomic mass is 10.2. The fraction of sp³-hybridized carbons (Fsp3) is 0.154. The minimum absolute atomic E-state index is 0.174. The SMILES string of the molecule is Cc1ccc(NS(=O)(=O)c2cc(N)cc(C)c2F)cn1. The van der Waals surface area contributed by atoms with Gasteiger partial charge in [0.2, 0.25) is 0 Å². The lowest BCUT2D eigenvalue weighted by Crippen LogP contribution is -2.15. The number of nitrogens with one attached hydrogen (secondary N) is 1. The van der Waals surface area contributed by atoms with Gasteiger partial charge in [0.1, 0.15) is 10.7 Å². The van der Waals surface area contributed by atoms with Crippen molar-refractivity contribution in [3.8, 4) is 0 Å². The first-order valence-corrected chi connectivity index (χ1v) is 7.29. The second-order valence-electron chi connectivity index (χ2n) is 4.44. The van der Waals surface area contributed by atoms with Gasteiger partial charge in [-0.05, 0) is 43.7 Å². The molecule has 0 amide bonds. The number of hydrogen-bond donors (Lipinski definition) is 2. The molecule has 1 aromatic heterocycles. The number of rotatable bonds is 3. The average molecular weight is 295 g/mol. The van der Waals surface area contributed by atoms with E-state index < -0.39 is 20.7 Å². The van der Waals surface area contributed by atoms with Crippen molar-refractivity contribution in [3.05, 3.63) is 47.5 Å². The molecule has 5 nitrogen and oxygen atoms in total. The number of aryl methyl sites for hydroxylation is 2. The highest BCUT2D eigenvalue weighted by Gasteiger charge is 2.21. The van der Waals surface area contributed by atoms with Crippen molar-refractivity contribution in [1.82, 2.24) is 4.98 Å². The molecule has 0 bridgehead atoms. The first-order chi connectivity index (χ1) is 9.29. The van der Waals surface area contributed by atoms with E-state index in [1.165, 1.54) is 19.2 Å². The third kappa shape index (κ3) is 2.88. The summed E-state index contributed by atoms with van der Waals surface area (Å²) >= 11 is 0. The maximum absolute atomic E-state index is 14.0. The van der Waals surface area contributed by atoms with E-state index in [2.05, 4.69) is 9.71 Å². The highest BCUT2D eigenvalue weighted by Crippen LogP contribution is 2.23. The Morgan fingerprint density at radius 1 is 1.25 bits per heavy atom. The molecule has 0 aliphatic rings. The number of sulfonamides is 1. The third-order valence-electron chi connectivity index (χ3n) is 2.70. The van der Waals surface area contributed by atoms with E-state index in [-0.39, 0.29) is 16.9 Å². The van der Waals surface area contributed by atoms with Gasteiger partial charge in [0.15, 0.2) is 0 Å². The summed E-state index contributed by atoms with van der Waals surface area (Å²) < 4.78 is 40.6. The summed E-state index contributed by atoms with van der Waals surface area (Å²) in [7, 11) is -4.05. The molecule has 0 atom stereocenters. The van der Waals surface area contributed by atoms with Gasteiger partial charge in [-0.2, -0.15) is 0 Å². The molecule has 1 aromatic carbocycles. The van der Waals surface area contributed by atoms with Crippen LogP contribution in [0, 0.1) is 19.7 Å². The van der Waals surface area contributed by atoms with Gasteiger partial charge < -0.3 is 5.73 Å². The molecule has 0 aliphatic carbocycles. The second-order valence-corrected chi connectivity index (χ2v) is 6.09. The summed E-state index contributed by atoms with van der Waals surface area (Å²) in [5.41, 5.74) is 6.94. The summed E-state index contributed by atoms with van der Waals surface area (Å²) in [6.45, 7) is 3.23. The molecule has 0 saturated heterocycles. The van der Waals surface area contributed by atoms with Gasteiger partial charge in [0.25, 0.3) is 10.0 Å². The highest BCUT2D eigenvalue weighted by atomic mass is 32.2. The molecule has 0 spiro atoms. The summed E-state index contributed by atoms with van der Waals surface area (Å²) in [5.74, 6) is -0.813. The van der Waals surface area contributed by atoms with Crippen molar-refractivity contribution in [1.29, 1.82) is 0 Å². The van der Waals surface area contributed by atoms with Crippen molar-refractivity contribution in [2.75, 3.05) is 10.5 Å². The number of anilines is 2. The molecule has 0 radical (unpaired) electrons. The molecule has 0 aliphatic heterocycles. The molecule has 0 saturated carbocycles. The summed E-state index contributed by atoms with van der Waals surface area (Å²) in [6.07, 6.45) is 1.37. The van der Waals surface area contributed by atoms with Crippen LogP contribution in [0.2, 0.25) is 0 Å². The molecule has 7 heteroatoms. The third-order valence-corrected chi connectivity index (χ3v) is 4.08. The molecule has 0 fully saturated rings. The van der Waals surface area contributed by atoms with E-state index in [9.17, 15) is 12.8 Å². The van der Waals surface area contributed by atoms with E-state index in [4.69, 9.17) is 5.73 Å². The maximum atomic E-state index is 14.0. The zero-order valence-corrected chi connectivity index (χ0v) is 11.8. The quantitative estimate of drug-likeness (QED) is 0.850. The van der Waals surface area contributed by atoms with E-state index in [0.717, 1.165) is 11.8 Å². The van der Waals surface area contributed by atoms with Crippen molar-refractivity contribution in [2.45, 2.75) is 18.7 Å². The molecule has 1 heterocycles. The largest absolute Gasteiger partial charge is 0.399 e. The van der Waals surface area contributed by atoms with Crippen LogP contribution in [0.15, 0.2) is 35.4 Å². The van der Waals surface area contributed by atoms with Gasteiger partial charge >= 0.3 is 0 Å². The Balaban J connectivity index is 2.43. The Bertz CT molecular complexity index is 743. The van der Waals surface area contributed by atoms with Crippen LogP contribution in [0.5, 0.6) is 0 Å². The lowest BCUT2D eigenvalue weighted by Gasteiger charge is -2.11. The Morgan fingerprint density at radius 3 is 2.55 bits per heavy atom. The van der Waals surface area contributed by atoms with Crippen LogP contribution in [0.1, 0.15) is 11.3 Å². The molecular weight excluding hydrogens is 281 g/mol. The average Bonchev–Trinajstić information content (AvgIpc) is 2.36. The van der Waals surface area contributed by atoms with Crippen LogP contribution in [0.3, 0.4) is 0 Å². The van der Waals surface area contributed by atoms with Crippen LogP contribution < -0.4 is 10.5 Å². The van der Waals surface area contributed by atoms with Crippen LogP contribution in [-0.4, -0.2) is 13.4 Å². The standard InChI is InChI=1S/C13H14FN3O2S/c1-8-5-10(15)6-12(13(8)14)20(18,19)17-11-4-3-9(2)16-7-11/h3-7,17H,15H2,1-2H3. The number of aromatic nitrogens is 1. The Hall–Kier alpha value is -2.15. The van der Waals surface area contributed by atoms with E-state index >= 15 is 0 Å². The zero-order valence-electron chi connectivity index (χ0n) is 11.0. The van der Waals surface area contributed by atoms with Crippen molar-refractivity contribution in [2.24, 2.45) is 0 Å². The first-order valence-electron chi connectivity index (χ1n) is 5.81. The second kappa shape index (κ2) is 5.09. The maximum Gasteiger partial charge on any atom is 0.264 e. The molecule has 3 N–H and O–H groups in total. The molecule has 2 rings (SSSR count). The normalized spacial score (nSPS) is 11.3. The van der Waals surface area contributed by atoms with Gasteiger partial charge in [0.05, 0.1) is 11.9 Å². The van der Waals surface area contributed by atoms with Gasteiger partial charge in [-0.1, -0.05) is 0 Å². The lowest BCUT2D eigenvalue weighted by molar-refractivity contribution is 0.565. The Labute approximate surface area is 116 Å². The van der Waals surface area contributed by atoms with Crippen LogP contribution in [0.4, 0.5) is 15.8 Å². The van der Waals surface area contributed by atoms with Crippen molar-refractivity contribution >= 4 is 21.4 Å². The van der Waals surface area contributed by atoms with E-state index in [1.54, 1.807) is 19.1 Å². The van der Waals surface area contributed by atoms with E-state index in [1.807, 2.05) is 0 Å². The topological polar surface area (TPSA) is 85.1 Å². The van der Waals surface area contributed by atoms with Gasteiger partial charge in [-0.25, -0.2) is 12.8 Å². The van der Waals surface area contributed by atoms with Gasteiger partial charge in [-0.3, -0.25) is 9.71 Å². The molecule has 106 valence electrons. The number of pyridine rings is 1. The fourth-order valence-electron chi connectivity index (χ4n) is 1.70. The summed E-state index contributed by atoms with van der Waals surface area (Å²) in [6, 6.07) is 5.67. The number of hydrogen-bond acceptors (Lipinski definition) is 4.